The van der Waals surface area contributed by atoms with Crippen molar-refractivity contribution in [1.29, 1.82) is 0 Å². The van der Waals surface area contributed by atoms with Crippen LogP contribution in [0, 0.1) is 0 Å². The molecule has 76 valence electrons. The second kappa shape index (κ2) is 5.20. The Morgan fingerprint density at radius 3 is 2.38 bits per heavy atom. The minimum atomic E-state index is -2.79. The predicted molar refractivity (Wildman–Crippen MR) is 51.4 cm³/mol. The Kier molecular flexibility index (Phi) is 4.96. The van der Waals surface area contributed by atoms with Crippen molar-refractivity contribution in [3.63, 3.8) is 0 Å². The van der Waals surface area contributed by atoms with Crippen LogP contribution in [0.3, 0.4) is 0 Å². The Labute approximate surface area is 78.0 Å². The molecule has 0 aliphatic carbocycles. The first-order chi connectivity index (χ1) is 5.95. The van der Waals surface area contributed by atoms with Gasteiger partial charge in [-0.25, -0.2) is 4.79 Å². The summed E-state index contributed by atoms with van der Waals surface area (Å²) in [6.45, 7) is 7.09. The number of carboxylic acid groups (broad SMARTS) is 1. The zero-order chi connectivity index (χ0) is 10.5. The van der Waals surface area contributed by atoms with Crippen molar-refractivity contribution >= 4 is 13.3 Å². The molecule has 13 heavy (non-hydrogen) atoms. The predicted octanol–water partition coefficient (Wildman–Crippen LogP) is 1.96. The second-order valence-corrected chi connectivity index (χ2v) is 5.45. The second-order valence-electron chi connectivity index (χ2n) is 2.62. The van der Waals surface area contributed by atoms with Gasteiger partial charge in [0, 0.05) is 11.7 Å². The highest BCUT2D eigenvalue weighted by atomic mass is 31.2. The average molecular weight is 206 g/mol. The lowest BCUT2D eigenvalue weighted by molar-refractivity contribution is -0.132. The van der Waals surface area contributed by atoms with E-state index in [4.69, 9.17) is 9.63 Å². The number of carbonyl (C=O) groups is 1. The van der Waals surface area contributed by atoms with E-state index >= 15 is 0 Å². The van der Waals surface area contributed by atoms with Gasteiger partial charge in [-0.2, -0.15) is 0 Å². The molecule has 1 N–H and O–H groups in total. The number of carboxylic acids is 1. The number of hydrogen-bond donors (Lipinski definition) is 1. The molecule has 0 rings (SSSR count). The number of rotatable bonds is 6. The van der Waals surface area contributed by atoms with Crippen LogP contribution in [-0.4, -0.2) is 30.0 Å². The minimum absolute atomic E-state index is 0.0568. The molecule has 0 aliphatic heterocycles. The van der Waals surface area contributed by atoms with Crippen molar-refractivity contribution in [3.8, 4) is 0 Å². The van der Waals surface area contributed by atoms with Gasteiger partial charge in [0.15, 0.2) is 0 Å². The van der Waals surface area contributed by atoms with Gasteiger partial charge in [-0.15, -0.1) is 0 Å². The van der Waals surface area contributed by atoms with Gasteiger partial charge in [-0.1, -0.05) is 13.5 Å². The third kappa shape index (κ3) is 4.25. The summed E-state index contributed by atoms with van der Waals surface area (Å²) in [6.07, 6.45) is 0.278. The lowest BCUT2D eigenvalue weighted by atomic mass is 10.4. The lowest BCUT2D eigenvalue weighted by Gasteiger charge is -2.15. The van der Waals surface area contributed by atoms with E-state index in [1.165, 1.54) is 0 Å². The molecule has 0 saturated heterocycles. The lowest BCUT2D eigenvalue weighted by Crippen LogP contribution is -2.07. The zero-order valence-electron chi connectivity index (χ0n) is 7.95. The van der Waals surface area contributed by atoms with Crippen molar-refractivity contribution in [2.24, 2.45) is 0 Å². The fraction of sp³-hybridized carbons (Fsp3) is 0.625. The summed E-state index contributed by atoms with van der Waals surface area (Å²) in [5.41, 5.74) is -0.0568. The highest BCUT2D eigenvalue weighted by Gasteiger charge is 2.23. The molecule has 1 unspecified atom stereocenters. The van der Waals surface area contributed by atoms with E-state index in [0.717, 1.165) is 0 Å². The number of hydrogen-bond acceptors (Lipinski definition) is 3. The fourth-order valence-electron chi connectivity index (χ4n) is 0.842. The molecule has 0 aliphatic rings. The van der Waals surface area contributed by atoms with Gasteiger partial charge in [-0.05, 0) is 6.92 Å². The average Bonchev–Trinajstić information content (AvgIpc) is 2.04. The van der Waals surface area contributed by atoms with E-state index < -0.39 is 13.3 Å². The topological polar surface area (TPSA) is 63.6 Å². The SMILES string of the molecule is C=C(CP(=O)(CC)OCC)C(=O)O. The summed E-state index contributed by atoms with van der Waals surface area (Å²) >= 11 is 0. The van der Waals surface area contributed by atoms with Crippen LogP contribution < -0.4 is 0 Å². The molecular formula is C8H15O4P. The minimum Gasteiger partial charge on any atom is -0.478 e. The van der Waals surface area contributed by atoms with Crippen molar-refractivity contribution in [2.75, 3.05) is 18.9 Å². The maximum absolute atomic E-state index is 11.8. The van der Waals surface area contributed by atoms with E-state index in [-0.39, 0.29) is 11.7 Å². The Balaban J connectivity index is 4.36. The molecule has 5 heteroatoms. The standard InChI is InChI=1S/C8H15O4P/c1-4-12-13(11,5-2)6-7(3)8(9)10/h3-6H2,1-2H3,(H,9,10). The van der Waals surface area contributed by atoms with Crippen LogP contribution in [0.25, 0.3) is 0 Å². The van der Waals surface area contributed by atoms with Gasteiger partial charge in [0.2, 0.25) is 7.37 Å². The molecule has 0 bridgehead atoms. The van der Waals surface area contributed by atoms with Crippen LogP contribution >= 0.6 is 7.37 Å². The first-order valence-corrected chi connectivity index (χ1v) is 6.08. The molecule has 0 aromatic heterocycles. The van der Waals surface area contributed by atoms with Gasteiger partial charge in [0.05, 0.1) is 12.8 Å². The summed E-state index contributed by atoms with van der Waals surface area (Å²) in [5, 5.41) is 8.53. The Hall–Kier alpha value is -0.600. The molecular weight excluding hydrogens is 191 g/mol. The van der Waals surface area contributed by atoms with E-state index in [1.54, 1.807) is 13.8 Å². The summed E-state index contributed by atoms with van der Waals surface area (Å²) < 4.78 is 16.8. The van der Waals surface area contributed by atoms with Gasteiger partial charge < -0.3 is 9.63 Å². The summed E-state index contributed by atoms with van der Waals surface area (Å²) in [5.74, 6) is -1.12. The molecule has 0 aromatic rings. The van der Waals surface area contributed by atoms with E-state index in [9.17, 15) is 9.36 Å². The summed E-state index contributed by atoms with van der Waals surface area (Å²) in [6, 6.07) is 0. The Bertz CT molecular complexity index is 247. The highest BCUT2D eigenvalue weighted by Crippen LogP contribution is 2.47. The first kappa shape index (κ1) is 12.4. The van der Waals surface area contributed by atoms with Crippen LogP contribution in [0.4, 0.5) is 0 Å². The molecule has 0 spiro atoms. The van der Waals surface area contributed by atoms with E-state index in [2.05, 4.69) is 6.58 Å². The van der Waals surface area contributed by atoms with Gasteiger partial charge >= 0.3 is 5.97 Å². The maximum atomic E-state index is 11.8. The van der Waals surface area contributed by atoms with Crippen molar-refractivity contribution in [3.05, 3.63) is 12.2 Å². The largest absolute Gasteiger partial charge is 0.478 e. The summed E-state index contributed by atoms with van der Waals surface area (Å²) in [7, 11) is -2.79. The third-order valence-corrected chi connectivity index (χ3v) is 4.14. The molecule has 1 atom stereocenters. The molecule has 4 nitrogen and oxygen atoms in total. The van der Waals surface area contributed by atoms with Crippen molar-refractivity contribution < 1.29 is 19.0 Å². The van der Waals surface area contributed by atoms with E-state index in [1.807, 2.05) is 0 Å². The molecule has 0 radical (unpaired) electrons. The zero-order valence-corrected chi connectivity index (χ0v) is 8.84. The van der Waals surface area contributed by atoms with Crippen LogP contribution in [0.15, 0.2) is 12.2 Å². The van der Waals surface area contributed by atoms with Gasteiger partial charge in [0.1, 0.15) is 0 Å². The fourth-order valence-corrected chi connectivity index (χ4v) is 2.53. The molecule has 0 aromatic carbocycles. The molecule has 0 fully saturated rings. The molecule has 0 heterocycles. The number of aliphatic carboxylic acids is 1. The van der Waals surface area contributed by atoms with Crippen LogP contribution in [-0.2, 0) is 13.9 Å². The van der Waals surface area contributed by atoms with Crippen LogP contribution in [0.1, 0.15) is 13.8 Å². The van der Waals surface area contributed by atoms with Crippen LogP contribution in [0.2, 0.25) is 0 Å². The third-order valence-electron chi connectivity index (χ3n) is 1.58. The normalized spacial score (nSPS) is 14.9. The first-order valence-electron chi connectivity index (χ1n) is 4.09. The highest BCUT2D eigenvalue weighted by molar-refractivity contribution is 7.59. The van der Waals surface area contributed by atoms with Crippen molar-refractivity contribution in [1.82, 2.24) is 0 Å². The monoisotopic (exact) mass is 206 g/mol. The quantitative estimate of drug-likeness (QED) is 0.533. The Morgan fingerprint density at radius 1 is 1.54 bits per heavy atom. The molecule has 0 saturated carbocycles. The van der Waals surface area contributed by atoms with Gasteiger partial charge in [-0.3, -0.25) is 4.57 Å². The summed E-state index contributed by atoms with van der Waals surface area (Å²) in [4.78, 5) is 10.4. The van der Waals surface area contributed by atoms with Gasteiger partial charge in [0.25, 0.3) is 0 Å². The smallest absolute Gasteiger partial charge is 0.331 e. The van der Waals surface area contributed by atoms with Crippen LogP contribution in [0.5, 0.6) is 0 Å². The Morgan fingerprint density at radius 2 is 2.08 bits per heavy atom. The van der Waals surface area contributed by atoms with Crippen molar-refractivity contribution in [2.45, 2.75) is 13.8 Å². The molecule has 0 amide bonds. The van der Waals surface area contributed by atoms with E-state index in [0.29, 0.717) is 12.8 Å². The maximum Gasteiger partial charge on any atom is 0.331 e.